The molecule has 5 nitrogen and oxygen atoms in total. The maximum Gasteiger partial charge on any atom is 0.238 e. The predicted molar refractivity (Wildman–Crippen MR) is 107 cm³/mol. The molecule has 0 heterocycles. The number of carbonyl (C=O) groups excluding carboxylic acids is 2. The normalized spacial score (nSPS) is 10.7. The van der Waals surface area contributed by atoms with Gasteiger partial charge in [-0.3, -0.25) is 14.5 Å². The molecule has 0 aliphatic rings. The number of hydrogen-bond donors (Lipinski definition) is 2. The molecule has 2 N–H and O–H groups in total. The topological polar surface area (TPSA) is 61.4 Å². The number of nitrogens with zero attached hydrogens (tertiary/aromatic N) is 1. The van der Waals surface area contributed by atoms with E-state index in [0.717, 1.165) is 16.8 Å². The third kappa shape index (κ3) is 5.73. The molecule has 7 heteroatoms. The summed E-state index contributed by atoms with van der Waals surface area (Å²) in [7, 11) is 1.70. The van der Waals surface area contributed by atoms with Crippen LogP contribution in [0.4, 0.5) is 11.4 Å². The van der Waals surface area contributed by atoms with Gasteiger partial charge in [0.2, 0.25) is 11.8 Å². The van der Waals surface area contributed by atoms with Gasteiger partial charge < -0.3 is 10.6 Å². The molecule has 26 heavy (non-hydrogen) atoms. The quantitative estimate of drug-likeness (QED) is 0.775. The van der Waals surface area contributed by atoms with E-state index in [1.165, 1.54) is 0 Å². The highest BCUT2D eigenvalue weighted by molar-refractivity contribution is 6.35. The Kier molecular flexibility index (Phi) is 7.03. The zero-order valence-electron chi connectivity index (χ0n) is 14.9. The number of halogens is 2. The number of rotatable bonds is 6. The number of hydrogen-bond acceptors (Lipinski definition) is 3. The van der Waals surface area contributed by atoms with Crippen molar-refractivity contribution in [1.29, 1.82) is 0 Å². The van der Waals surface area contributed by atoms with Crippen LogP contribution in [0.5, 0.6) is 0 Å². The lowest BCUT2D eigenvalue weighted by molar-refractivity contribution is -0.119. The van der Waals surface area contributed by atoms with Crippen LogP contribution in [0.1, 0.15) is 11.1 Å². The van der Waals surface area contributed by atoms with Crippen LogP contribution in [0.25, 0.3) is 0 Å². The molecule has 0 unspecified atom stereocenters. The smallest absolute Gasteiger partial charge is 0.238 e. The molecule has 0 spiro atoms. The Hall–Kier alpha value is -2.08. The number of aryl methyl sites for hydroxylation is 1. The number of benzene rings is 2. The average molecular weight is 394 g/mol. The first-order valence-corrected chi connectivity index (χ1v) is 8.81. The van der Waals surface area contributed by atoms with E-state index in [9.17, 15) is 9.59 Å². The second-order valence-electron chi connectivity index (χ2n) is 6.14. The number of anilines is 2. The van der Waals surface area contributed by atoms with Gasteiger partial charge in [0.1, 0.15) is 0 Å². The van der Waals surface area contributed by atoms with Crippen molar-refractivity contribution >= 4 is 46.4 Å². The molecule has 2 amide bonds. The first-order chi connectivity index (χ1) is 12.3. The van der Waals surface area contributed by atoms with E-state index in [2.05, 4.69) is 10.6 Å². The van der Waals surface area contributed by atoms with Crippen molar-refractivity contribution < 1.29 is 9.59 Å². The van der Waals surface area contributed by atoms with Gasteiger partial charge in [0.15, 0.2) is 0 Å². The summed E-state index contributed by atoms with van der Waals surface area (Å²) in [5, 5.41) is 6.44. The summed E-state index contributed by atoms with van der Waals surface area (Å²) in [5.41, 5.74) is 3.35. The lowest BCUT2D eigenvalue weighted by Crippen LogP contribution is -2.36. The van der Waals surface area contributed by atoms with E-state index in [1.807, 2.05) is 32.0 Å². The molecular formula is C19H21Cl2N3O2. The van der Waals surface area contributed by atoms with E-state index in [4.69, 9.17) is 23.2 Å². The van der Waals surface area contributed by atoms with E-state index in [0.29, 0.717) is 15.7 Å². The van der Waals surface area contributed by atoms with Crippen molar-refractivity contribution in [2.45, 2.75) is 13.8 Å². The van der Waals surface area contributed by atoms with Crippen LogP contribution in [-0.2, 0) is 9.59 Å². The number of likely N-dealkylation sites (N-methyl/N-ethyl adjacent to an activating group) is 1. The first kappa shape index (κ1) is 20.2. The molecule has 138 valence electrons. The molecule has 0 atom stereocenters. The zero-order valence-corrected chi connectivity index (χ0v) is 16.4. The summed E-state index contributed by atoms with van der Waals surface area (Å²) in [4.78, 5) is 26.0. The highest BCUT2D eigenvalue weighted by atomic mass is 35.5. The molecule has 0 fully saturated rings. The van der Waals surface area contributed by atoms with Crippen molar-refractivity contribution in [2.24, 2.45) is 0 Å². The standard InChI is InChI=1S/C19H21Cl2N3O2/c1-12-5-4-6-16(13(12)2)22-18(25)10-24(3)11-19(26)23-17-9-14(20)7-8-15(17)21/h4-9H,10-11H2,1-3H3,(H,22,25)(H,23,26). The van der Waals surface area contributed by atoms with Gasteiger partial charge >= 0.3 is 0 Å². The highest BCUT2D eigenvalue weighted by Gasteiger charge is 2.13. The largest absolute Gasteiger partial charge is 0.325 e. The van der Waals surface area contributed by atoms with Crippen LogP contribution in [0, 0.1) is 13.8 Å². The second kappa shape index (κ2) is 9.03. The Morgan fingerprint density at radius 2 is 1.58 bits per heavy atom. The maximum atomic E-state index is 12.2. The Morgan fingerprint density at radius 1 is 0.962 bits per heavy atom. The summed E-state index contributed by atoms with van der Waals surface area (Å²) >= 11 is 11.9. The minimum atomic E-state index is -0.281. The Labute approximate surface area is 163 Å². The molecule has 0 saturated heterocycles. The van der Waals surface area contributed by atoms with Crippen molar-refractivity contribution in [3.8, 4) is 0 Å². The Bertz CT molecular complexity index is 806. The fourth-order valence-electron chi connectivity index (χ4n) is 2.41. The summed E-state index contributed by atoms with van der Waals surface area (Å²) < 4.78 is 0. The summed E-state index contributed by atoms with van der Waals surface area (Å²) in [6, 6.07) is 10.6. The lowest BCUT2D eigenvalue weighted by atomic mass is 10.1. The molecule has 0 saturated carbocycles. The van der Waals surface area contributed by atoms with Crippen molar-refractivity contribution in [3.63, 3.8) is 0 Å². The zero-order chi connectivity index (χ0) is 19.3. The third-order valence-corrected chi connectivity index (χ3v) is 4.47. The Balaban J connectivity index is 1.88. The molecule has 0 bridgehead atoms. The average Bonchev–Trinajstić information content (AvgIpc) is 2.55. The third-order valence-electron chi connectivity index (χ3n) is 3.91. The van der Waals surface area contributed by atoms with Crippen LogP contribution in [-0.4, -0.2) is 36.9 Å². The molecule has 2 aromatic rings. The van der Waals surface area contributed by atoms with Gasteiger partial charge in [-0.2, -0.15) is 0 Å². The van der Waals surface area contributed by atoms with Crippen molar-refractivity contribution in [2.75, 3.05) is 30.8 Å². The molecule has 0 aliphatic heterocycles. The van der Waals surface area contributed by atoms with Gasteiger partial charge in [0.25, 0.3) is 0 Å². The monoisotopic (exact) mass is 393 g/mol. The van der Waals surface area contributed by atoms with E-state index in [-0.39, 0.29) is 24.9 Å². The first-order valence-electron chi connectivity index (χ1n) is 8.06. The second-order valence-corrected chi connectivity index (χ2v) is 6.98. The van der Waals surface area contributed by atoms with Gasteiger partial charge in [0, 0.05) is 10.7 Å². The van der Waals surface area contributed by atoms with Crippen LogP contribution >= 0.6 is 23.2 Å². The van der Waals surface area contributed by atoms with Crippen LogP contribution in [0.2, 0.25) is 10.0 Å². The van der Waals surface area contributed by atoms with Gasteiger partial charge in [0.05, 0.1) is 23.8 Å². The van der Waals surface area contributed by atoms with Crippen molar-refractivity contribution in [3.05, 3.63) is 57.6 Å². The fourth-order valence-corrected chi connectivity index (χ4v) is 2.74. The highest BCUT2D eigenvalue weighted by Crippen LogP contribution is 2.25. The summed E-state index contributed by atoms with van der Waals surface area (Å²) in [6.07, 6.45) is 0. The molecule has 0 aromatic heterocycles. The Morgan fingerprint density at radius 3 is 2.23 bits per heavy atom. The van der Waals surface area contributed by atoms with Gasteiger partial charge in [-0.05, 0) is 56.3 Å². The molecular weight excluding hydrogens is 373 g/mol. The number of nitrogens with one attached hydrogen (secondary N) is 2. The molecule has 0 aliphatic carbocycles. The minimum absolute atomic E-state index is 0.0447. The van der Waals surface area contributed by atoms with Gasteiger partial charge in [-0.1, -0.05) is 35.3 Å². The van der Waals surface area contributed by atoms with Gasteiger partial charge in [-0.25, -0.2) is 0 Å². The minimum Gasteiger partial charge on any atom is -0.325 e. The van der Waals surface area contributed by atoms with Crippen molar-refractivity contribution in [1.82, 2.24) is 4.90 Å². The van der Waals surface area contributed by atoms with E-state index < -0.39 is 0 Å². The van der Waals surface area contributed by atoms with E-state index in [1.54, 1.807) is 30.1 Å². The number of amides is 2. The SMILES string of the molecule is Cc1cccc(NC(=O)CN(C)CC(=O)Nc2cc(Cl)ccc2Cl)c1C. The predicted octanol–water partition coefficient (Wildman–Crippen LogP) is 4.12. The summed E-state index contributed by atoms with van der Waals surface area (Å²) in [5.74, 6) is -0.467. The summed E-state index contributed by atoms with van der Waals surface area (Å²) in [6.45, 7) is 4.08. The van der Waals surface area contributed by atoms with E-state index >= 15 is 0 Å². The van der Waals surface area contributed by atoms with Crippen LogP contribution < -0.4 is 10.6 Å². The van der Waals surface area contributed by atoms with Gasteiger partial charge in [-0.15, -0.1) is 0 Å². The maximum absolute atomic E-state index is 12.2. The van der Waals surface area contributed by atoms with Crippen LogP contribution in [0.3, 0.4) is 0 Å². The lowest BCUT2D eigenvalue weighted by Gasteiger charge is -2.17. The molecule has 2 aromatic carbocycles. The van der Waals surface area contributed by atoms with Crippen LogP contribution in [0.15, 0.2) is 36.4 Å². The number of carbonyl (C=O) groups is 2. The fraction of sp³-hybridized carbons (Fsp3) is 0.263. The molecule has 2 rings (SSSR count). The molecule has 0 radical (unpaired) electrons.